The number of aryl methyl sites for hydroxylation is 1. The first-order valence-electron chi connectivity index (χ1n) is 11.0. The van der Waals surface area contributed by atoms with Gasteiger partial charge in [-0.15, -0.1) is 11.3 Å². The highest BCUT2D eigenvalue weighted by atomic mass is 32.1. The van der Waals surface area contributed by atoms with Gasteiger partial charge >= 0.3 is 0 Å². The lowest BCUT2D eigenvalue weighted by atomic mass is 9.42. The first-order valence-corrected chi connectivity index (χ1v) is 11.8. The third-order valence-electron chi connectivity index (χ3n) is 8.19. The zero-order valence-electron chi connectivity index (χ0n) is 16.7. The van der Waals surface area contributed by atoms with Crippen LogP contribution in [0.4, 0.5) is 5.00 Å². The van der Waals surface area contributed by atoms with E-state index in [1.165, 1.54) is 35.3 Å². The maximum absolute atomic E-state index is 13.7. The number of nitrogens with one attached hydrogen (secondary N) is 1. The normalized spacial score (nSPS) is 34.0. The number of hydrogen-bond acceptors (Lipinski definition) is 3. The molecule has 5 aliphatic rings. The predicted octanol–water partition coefficient (Wildman–Crippen LogP) is 5.59. The summed E-state index contributed by atoms with van der Waals surface area (Å²) in [6.45, 7) is 0. The smallest absolute Gasteiger partial charge is 0.231 e. The second kappa shape index (κ2) is 6.19. The number of amides is 1. The Morgan fingerprint density at radius 1 is 1.10 bits per heavy atom. The molecule has 1 heterocycles. The van der Waals surface area contributed by atoms with Crippen molar-refractivity contribution >= 4 is 22.2 Å². The van der Waals surface area contributed by atoms with E-state index in [1.54, 1.807) is 11.3 Å². The van der Waals surface area contributed by atoms with Crippen LogP contribution in [0.3, 0.4) is 0 Å². The molecule has 0 aliphatic heterocycles. The van der Waals surface area contributed by atoms with E-state index in [0.29, 0.717) is 11.8 Å². The molecule has 0 spiro atoms. The number of nitriles is 1. The van der Waals surface area contributed by atoms with Crippen molar-refractivity contribution in [1.29, 1.82) is 5.26 Å². The van der Waals surface area contributed by atoms with Crippen LogP contribution in [0.5, 0.6) is 0 Å². The fourth-order valence-corrected chi connectivity index (χ4v) is 8.74. The fraction of sp³-hybridized carbons (Fsp3) is 0.520. The monoisotopic (exact) mass is 402 g/mol. The van der Waals surface area contributed by atoms with E-state index < -0.39 is 0 Å². The van der Waals surface area contributed by atoms with E-state index in [1.807, 2.05) is 0 Å². The Morgan fingerprint density at radius 2 is 1.86 bits per heavy atom. The van der Waals surface area contributed by atoms with Crippen molar-refractivity contribution in [2.75, 3.05) is 5.32 Å². The van der Waals surface area contributed by atoms with Gasteiger partial charge in [-0.1, -0.05) is 30.3 Å². The SMILES string of the molecule is N#Cc1c(NC(=O)C23C[C@H]4C[C@@H](C2)CC(c2ccccc2)(C4)C3)sc2c1CCC2. The fourth-order valence-electron chi connectivity index (χ4n) is 7.50. The van der Waals surface area contributed by atoms with Crippen LogP contribution in [0.2, 0.25) is 0 Å². The van der Waals surface area contributed by atoms with Crippen molar-refractivity contribution in [2.45, 2.75) is 63.2 Å². The Kier molecular flexibility index (Phi) is 3.78. The van der Waals surface area contributed by atoms with Gasteiger partial charge in [-0.2, -0.15) is 5.26 Å². The van der Waals surface area contributed by atoms with Gasteiger partial charge in [0.25, 0.3) is 0 Å². The summed E-state index contributed by atoms with van der Waals surface area (Å²) < 4.78 is 0. The zero-order chi connectivity index (χ0) is 19.6. The number of benzene rings is 1. The van der Waals surface area contributed by atoms with Crippen LogP contribution in [0.15, 0.2) is 30.3 Å². The van der Waals surface area contributed by atoms with Gasteiger partial charge < -0.3 is 5.32 Å². The number of carbonyl (C=O) groups excluding carboxylic acids is 1. The maximum Gasteiger partial charge on any atom is 0.231 e. The van der Waals surface area contributed by atoms with Crippen LogP contribution >= 0.6 is 11.3 Å². The summed E-state index contributed by atoms with van der Waals surface area (Å²) in [7, 11) is 0. The number of hydrogen-bond donors (Lipinski definition) is 1. The lowest BCUT2D eigenvalue weighted by molar-refractivity contribution is -0.143. The van der Waals surface area contributed by atoms with Crippen molar-refractivity contribution in [3.05, 3.63) is 51.9 Å². The van der Waals surface area contributed by atoms with Crippen LogP contribution in [0.25, 0.3) is 0 Å². The molecule has 4 bridgehead atoms. The topological polar surface area (TPSA) is 52.9 Å². The summed E-state index contributed by atoms with van der Waals surface area (Å²) in [5.74, 6) is 1.50. The lowest BCUT2D eigenvalue weighted by Gasteiger charge is -2.61. The summed E-state index contributed by atoms with van der Waals surface area (Å²) in [6.07, 6.45) is 9.95. The second-order valence-corrected chi connectivity index (χ2v) is 11.1. The van der Waals surface area contributed by atoms with E-state index in [2.05, 4.69) is 41.7 Å². The lowest BCUT2D eigenvalue weighted by Crippen LogP contribution is -2.57. The van der Waals surface area contributed by atoms with E-state index in [4.69, 9.17) is 0 Å². The molecular weight excluding hydrogens is 376 g/mol. The summed E-state index contributed by atoms with van der Waals surface area (Å²) >= 11 is 1.65. The number of rotatable bonds is 3. The summed E-state index contributed by atoms with van der Waals surface area (Å²) in [4.78, 5) is 15.0. The van der Waals surface area contributed by atoms with Crippen molar-refractivity contribution in [3.63, 3.8) is 0 Å². The van der Waals surface area contributed by atoms with Gasteiger partial charge in [0.1, 0.15) is 11.1 Å². The molecule has 5 aliphatic carbocycles. The molecule has 1 amide bonds. The van der Waals surface area contributed by atoms with Gasteiger partial charge in [-0.3, -0.25) is 4.79 Å². The van der Waals surface area contributed by atoms with Gasteiger partial charge in [0.05, 0.1) is 11.0 Å². The van der Waals surface area contributed by atoms with Crippen LogP contribution in [-0.2, 0) is 23.1 Å². The Balaban J connectivity index is 1.34. The minimum absolute atomic E-state index is 0.165. The Bertz CT molecular complexity index is 1020. The van der Waals surface area contributed by atoms with Gasteiger partial charge in [-0.05, 0) is 86.2 Å². The second-order valence-electron chi connectivity index (χ2n) is 10.0. The molecule has 3 nitrogen and oxygen atoms in total. The maximum atomic E-state index is 13.7. The summed E-state index contributed by atoms with van der Waals surface area (Å²) in [6, 6.07) is 13.3. The highest BCUT2D eigenvalue weighted by Crippen LogP contribution is 2.66. The van der Waals surface area contributed by atoms with Crippen molar-refractivity contribution in [1.82, 2.24) is 0 Å². The van der Waals surface area contributed by atoms with E-state index in [9.17, 15) is 10.1 Å². The molecule has 4 heteroatoms. The van der Waals surface area contributed by atoms with Gasteiger partial charge in [0.2, 0.25) is 5.91 Å². The molecule has 4 fully saturated rings. The Labute approximate surface area is 176 Å². The zero-order valence-corrected chi connectivity index (χ0v) is 17.5. The first-order chi connectivity index (χ1) is 14.1. The summed E-state index contributed by atoms with van der Waals surface area (Å²) in [5, 5.41) is 13.8. The molecule has 1 aromatic carbocycles. The molecule has 2 unspecified atom stereocenters. The molecule has 4 atom stereocenters. The Morgan fingerprint density at radius 3 is 2.59 bits per heavy atom. The van der Waals surface area contributed by atoms with Crippen molar-refractivity contribution in [3.8, 4) is 6.07 Å². The van der Waals surface area contributed by atoms with E-state index in [-0.39, 0.29) is 16.7 Å². The van der Waals surface area contributed by atoms with Crippen LogP contribution in [0, 0.1) is 28.6 Å². The predicted molar refractivity (Wildman–Crippen MR) is 115 cm³/mol. The number of nitrogens with zero attached hydrogens (tertiary/aromatic N) is 1. The molecule has 148 valence electrons. The highest BCUT2D eigenvalue weighted by molar-refractivity contribution is 7.16. The highest BCUT2D eigenvalue weighted by Gasteiger charge is 2.61. The number of fused-ring (bicyclic) bond motifs is 1. The molecule has 2 aromatic rings. The average molecular weight is 403 g/mol. The molecule has 1 N–H and O–H groups in total. The van der Waals surface area contributed by atoms with Crippen LogP contribution in [-0.4, -0.2) is 5.91 Å². The van der Waals surface area contributed by atoms with E-state index >= 15 is 0 Å². The van der Waals surface area contributed by atoms with Crippen LogP contribution < -0.4 is 5.32 Å². The first kappa shape index (κ1) is 17.7. The molecule has 0 radical (unpaired) electrons. The minimum Gasteiger partial charge on any atom is -0.316 e. The summed E-state index contributed by atoms with van der Waals surface area (Å²) in [5.41, 5.74) is 3.26. The standard InChI is InChI=1S/C25H26N2OS/c26-14-20-19-7-4-8-21(19)29-22(20)27-23(28)25-12-16-9-17(13-25)11-24(10-16,15-25)18-5-2-1-3-6-18/h1-3,5-6,16-17H,4,7-13,15H2,(H,27,28)/t16-,17+,24?,25?. The largest absolute Gasteiger partial charge is 0.316 e. The molecule has 7 rings (SSSR count). The molecule has 4 saturated carbocycles. The average Bonchev–Trinajstić information content (AvgIpc) is 3.28. The van der Waals surface area contributed by atoms with Crippen molar-refractivity contribution < 1.29 is 4.79 Å². The third-order valence-corrected chi connectivity index (χ3v) is 9.40. The molecular formula is C25H26N2OS. The molecule has 0 saturated heterocycles. The molecule has 1 aromatic heterocycles. The quantitative estimate of drug-likeness (QED) is 0.728. The van der Waals surface area contributed by atoms with Gasteiger partial charge in [-0.25, -0.2) is 0 Å². The number of thiophene rings is 1. The van der Waals surface area contributed by atoms with E-state index in [0.717, 1.165) is 49.1 Å². The third kappa shape index (κ3) is 2.56. The molecule has 29 heavy (non-hydrogen) atoms. The van der Waals surface area contributed by atoms with Gasteiger partial charge in [0.15, 0.2) is 0 Å². The van der Waals surface area contributed by atoms with Gasteiger partial charge in [0, 0.05) is 4.88 Å². The number of carbonyl (C=O) groups is 1. The Hall–Kier alpha value is -2.12. The number of anilines is 1. The minimum atomic E-state index is -0.263. The van der Waals surface area contributed by atoms with Crippen molar-refractivity contribution in [2.24, 2.45) is 17.3 Å². The van der Waals surface area contributed by atoms with Crippen LogP contribution in [0.1, 0.15) is 66.5 Å².